The number of rotatable bonds is 4. The summed E-state index contributed by atoms with van der Waals surface area (Å²) in [6.07, 6.45) is 0. The molecule has 0 heterocycles. The summed E-state index contributed by atoms with van der Waals surface area (Å²) in [5.74, 6) is -0.700. The van der Waals surface area contributed by atoms with E-state index in [0.717, 1.165) is 0 Å². The van der Waals surface area contributed by atoms with Crippen molar-refractivity contribution in [2.75, 3.05) is 28.4 Å². The third kappa shape index (κ3) is 9.13. The number of nitrogens with zero attached hydrogens (tertiary/aromatic N) is 2. The largest absolute Gasteiger partial charge is 0.464 e. The van der Waals surface area contributed by atoms with Gasteiger partial charge in [0.15, 0.2) is 5.71 Å². The van der Waals surface area contributed by atoms with Crippen LogP contribution in [0.4, 0.5) is 0 Å². The Hall–Kier alpha value is -2.12. The minimum absolute atomic E-state index is 0.208. The predicted molar refractivity (Wildman–Crippen MR) is 66.3 cm³/mol. The van der Waals surface area contributed by atoms with Crippen molar-refractivity contribution in [3.8, 4) is 0 Å². The summed E-state index contributed by atoms with van der Waals surface area (Å²) >= 11 is 0. The Morgan fingerprint density at radius 2 is 1.39 bits per heavy atom. The van der Waals surface area contributed by atoms with Crippen molar-refractivity contribution in [2.45, 2.75) is 13.8 Å². The minimum Gasteiger partial charge on any atom is -0.464 e. The van der Waals surface area contributed by atoms with Gasteiger partial charge in [0.25, 0.3) is 5.91 Å². The molecule has 0 radical (unpaired) electrons. The van der Waals surface area contributed by atoms with Crippen molar-refractivity contribution in [3.63, 3.8) is 0 Å². The molecule has 0 unspecified atom stereocenters. The average molecular weight is 261 g/mol. The SMILES string of the molecule is CNC(=O)/C(C)=N/OC.CO/N=C(\C)C(=O)OC. The van der Waals surface area contributed by atoms with E-state index in [2.05, 4.69) is 30.0 Å². The lowest BCUT2D eigenvalue weighted by molar-refractivity contribution is -0.133. The van der Waals surface area contributed by atoms with Crippen molar-refractivity contribution in [1.29, 1.82) is 0 Å². The third-order valence-electron chi connectivity index (χ3n) is 1.49. The number of carbonyl (C=O) groups excluding carboxylic acids is 2. The summed E-state index contributed by atoms with van der Waals surface area (Å²) in [6.45, 7) is 3.08. The maximum absolute atomic E-state index is 10.6. The molecule has 104 valence electrons. The van der Waals surface area contributed by atoms with E-state index in [1.807, 2.05) is 0 Å². The monoisotopic (exact) mass is 261 g/mol. The first kappa shape index (κ1) is 18.3. The van der Waals surface area contributed by atoms with Gasteiger partial charge in [-0.05, 0) is 13.8 Å². The number of esters is 1. The van der Waals surface area contributed by atoms with Crippen molar-refractivity contribution >= 4 is 23.3 Å². The zero-order chi connectivity index (χ0) is 14.6. The number of ether oxygens (including phenoxy) is 1. The number of nitrogens with one attached hydrogen (secondary N) is 1. The number of carbonyl (C=O) groups is 2. The Balaban J connectivity index is 0. The van der Waals surface area contributed by atoms with Crippen LogP contribution in [0.5, 0.6) is 0 Å². The summed E-state index contributed by atoms with van der Waals surface area (Å²) in [5.41, 5.74) is 0.528. The van der Waals surface area contributed by atoms with E-state index in [1.54, 1.807) is 6.92 Å². The van der Waals surface area contributed by atoms with Gasteiger partial charge in [-0.3, -0.25) is 4.79 Å². The Bertz CT molecular complexity index is 293. The van der Waals surface area contributed by atoms with Crippen LogP contribution in [0.1, 0.15) is 13.8 Å². The van der Waals surface area contributed by atoms with Crippen molar-refractivity contribution in [2.24, 2.45) is 10.3 Å². The molecule has 8 heteroatoms. The van der Waals surface area contributed by atoms with Crippen LogP contribution in [0, 0.1) is 0 Å². The van der Waals surface area contributed by atoms with Gasteiger partial charge in [-0.2, -0.15) is 0 Å². The summed E-state index contributed by atoms with van der Waals surface area (Å²) in [4.78, 5) is 29.7. The fraction of sp³-hybridized carbons (Fsp3) is 0.600. The molecule has 0 aliphatic heterocycles. The van der Waals surface area contributed by atoms with E-state index in [4.69, 9.17) is 0 Å². The highest BCUT2D eigenvalue weighted by molar-refractivity contribution is 6.37. The van der Waals surface area contributed by atoms with Crippen LogP contribution in [-0.2, 0) is 24.0 Å². The molecule has 18 heavy (non-hydrogen) atoms. The molecule has 0 saturated heterocycles. The topological polar surface area (TPSA) is 98.6 Å². The first-order valence-electron chi connectivity index (χ1n) is 4.90. The molecule has 0 bridgehead atoms. The number of methoxy groups -OCH3 is 1. The molecule has 0 saturated carbocycles. The molecule has 0 aromatic heterocycles. The highest BCUT2D eigenvalue weighted by Gasteiger charge is 2.03. The van der Waals surface area contributed by atoms with E-state index in [9.17, 15) is 9.59 Å². The van der Waals surface area contributed by atoms with E-state index >= 15 is 0 Å². The highest BCUT2D eigenvalue weighted by atomic mass is 16.6. The molecule has 1 amide bonds. The predicted octanol–water partition coefficient (Wildman–Crippen LogP) is -0.0636. The van der Waals surface area contributed by atoms with Crippen LogP contribution >= 0.6 is 0 Å². The number of amides is 1. The van der Waals surface area contributed by atoms with E-state index in [1.165, 1.54) is 35.3 Å². The molecule has 0 aliphatic carbocycles. The Morgan fingerprint density at radius 3 is 1.72 bits per heavy atom. The maximum atomic E-state index is 10.6. The van der Waals surface area contributed by atoms with Gasteiger partial charge in [-0.25, -0.2) is 4.79 Å². The molecule has 1 N–H and O–H groups in total. The van der Waals surface area contributed by atoms with Crippen LogP contribution in [0.3, 0.4) is 0 Å². The Kier molecular flexibility index (Phi) is 11.5. The minimum atomic E-state index is -0.475. The molecule has 0 rings (SSSR count). The van der Waals surface area contributed by atoms with Crippen LogP contribution in [0.2, 0.25) is 0 Å². The van der Waals surface area contributed by atoms with Gasteiger partial charge in [-0.15, -0.1) is 0 Å². The van der Waals surface area contributed by atoms with Crippen LogP contribution < -0.4 is 5.32 Å². The number of oxime groups is 2. The summed E-state index contributed by atoms with van der Waals surface area (Å²) < 4.78 is 4.31. The highest BCUT2D eigenvalue weighted by Crippen LogP contribution is 1.81. The molecule has 8 nitrogen and oxygen atoms in total. The average Bonchev–Trinajstić information content (AvgIpc) is 2.38. The van der Waals surface area contributed by atoms with Crippen molar-refractivity contribution in [1.82, 2.24) is 5.32 Å². The smallest absolute Gasteiger partial charge is 0.355 e. The molecular formula is C10H19N3O5. The van der Waals surface area contributed by atoms with Crippen molar-refractivity contribution in [3.05, 3.63) is 0 Å². The Labute approximate surface area is 106 Å². The van der Waals surface area contributed by atoms with Crippen molar-refractivity contribution < 1.29 is 24.0 Å². The van der Waals surface area contributed by atoms with Crippen LogP contribution in [0.15, 0.2) is 10.3 Å². The lowest BCUT2D eigenvalue weighted by Crippen LogP contribution is -2.25. The second-order valence-electron chi connectivity index (χ2n) is 2.79. The lowest BCUT2D eigenvalue weighted by atomic mass is 10.4. The number of hydrogen-bond acceptors (Lipinski definition) is 7. The van der Waals surface area contributed by atoms with Gasteiger partial charge in [0, 0.05) is 7.05 Å². The molecule has 0 aromatic rings. The van der Waals surface area contributed by atoms with Gasteiger partial charge in [0.2, 0.25) is 0 Å². The molecular weight excluding hydrogens is 242 g/mol. The van der Waals surface area contributed by atoms with Gasteiger partial charge >= 0.3 is 5.97 Å². The second kappa shape index (κ2) is 11.4. The second-order valence-corrected chi connectivity index (χ2v) is 2.79. The normalized spacial score (nSPS) is 10.8. The fourth-order valence-corrected chi connectivity index (χ4v) is 0.681. The third-order valence-corrected chi connectivity index (χ3v) is 1.49. The van der Waals surface area contributed by atoms with E-state index in [-0.39, 0.29) is 11.6 Å². The lowest BCUT2D eigenvalue weighted by Gasteiger charge is -1.94. The van der Waals surface area contributed by atoms with E-state index < -0.39 is 5.97 Å². The molecule has 0 aromatic carbocycles. The van der Waals surface area contributed by atoms with Crippen LogP contribution in [0.25, 0.3) is 0 Å². The maximum Gasteiger partial charge on any atom is 0.355 e. The van der Waals surface area contributed by atoms with Gasteiger partial charge in [0.1, 0.15) is 19.9 Å². The van der Waals surface area contributed by atoms with Gasteiger partial charge < -0.3 is 19.7 Å². The standard InChI is InChI=1S/C5H10N2O2.C5H9NO3/c1-4(7-9-3)5(8)6-2;1-4(6-9-3)5(7)8-2/h1-3H3,(H,6,8);1-3H3/b7-4+;6-4+. The summed E-state index contributed by atoms with van der Waals surface area (Å²) in [5, 5.41) is 9.14. The summed E-state index contributed by atoms with van der Waals surface area (Å²) in [7, 11) is 5.59. The van der Waals surface area contributed by atoms with E-state index in [0.29, 0.717) is 5.71 Å². The zero-order valence-electron chi connectivity index (χ0n) is 11.4. The molecule has 0 atom stereocenters. The molecule has 0 aliphatic rings. The Morgan fingerprint density at radius 1 is 0.944 bits per heavy atom. The van der Waals surface area contributed by atoms with Crippen LogP contribution in [-0.4, -0.2) is 51.7 Å². The van der Waals surface area contributed by atoms with Gasteiger partial charge in [-0.1, -0.05) is 10.3 Å². The first-order valence-corrected chi connectivity index (χ1v) is 4.90. The zero-order valence-corrected chi connectivity index (χ0v) is 11.4. The summed E-state index contributed by atoms with van der Waals surface area (Å²) in [6, 6.07) is 0. The molecule has 0 spiro atoms. The first-order chi connectivity index (χ1) is 8.44. The van der Waals surface area contributed by atoms with Gasteiger partial charge in [0.05, 0.1) is 7.11 Å². The molecule has 0 fully saturated rings. The number of hydrogen-bond donors (Lipinski definition) is 1. The fourth-order valence-electron chi connectivity index (χ4n) is 0.681. The quantitative estimate of drug-likeness (QED) is 0.434.